The van der Waals surface area contributed by atoms with E-state index in [1.54, 1.807) is 30.3 Å². The molecular weight excluding hydrogens is 376 g/mol. The summed E-state index contributed by atoms with van der Waals surface area (Å²) in [7, 11) is -3.79. The lowest BCUT2D eigenvalue weighted by atomic mass is 10.1. The molecule has 146 valence electrons. The molecule has 0 unspecified atom stereocenters. The molecular formula is C21H22N2O4S. The van der Waals surface area contributed by atoms with Crippen LogP contribution < -0.4 is 5.32 Å². The van der Waals surface area contributed by atoms with E-state index in [9.17, 15) is 13.2 Å². The highest BCUT2D eigenvalue weighted by Crippen LogP contribution is 2.16. The Labute approximate surface area is 164 Å². The molecule has 1 heterocycles. The quantitative estimate of drug-likeness (QED) is 0.601. The fourth-order valence-corrected chi connectivity index (χ4v) is 4.16. The van der Waals surface area contributed by atoms with Crippen molar-refractivity contribution in [2.24, 2.45) is 0 Å². The van der Waals surface area contributed by atoms with Gasteiger partial charge in [-0.1, -0.05) is 48.5 Å². The molecule has 0 spiro atoms. The van der Waals surface area contributed by atoms with Gasteiger partial charge in [-0.15, -0.1) is 0 Å². The van der Waals surface area contributed by atoms with Crippen LogP contribution in [0.4, 0.5) is 0 Å². The molecule has 7 heteroatoms. The van der Waals surface area contributed by atoms with Crippen molar-refractivity contribution in [2.45, 2.75) is 17.9 Å². The van der Waals surface area contributed by atoms with Crippen LogP contribution in [0.15, 0.2) is 88.4 Å². The van der Waals surface area contributed by atoms with E-state index in [1.165, 1.54) is 22.7 Å². The highest BCUT2D eigenvalue weighted by atomic mass is 32.2. The lowest BCUT2D eigenvalue weighted by Gasteiger charge is -2.22. The van der Waals surface area contributed by atoms with Crippen molar-refractivity contribution >= 4 is 15.9 Å². The Bertz CT molecular complexity index is 972. The van der Waals surface area contributed by atoms with Crippen molar-refractivity contribution in [3.8, 4) is 0 Å². The summed E-state index contributed by atoms with van der Waals surface area (Å²) in [5, 5.41) is 2.70. The van der Waals surface area contributed by atoms with E-state index < -0.39 is 10.0 Å². The molecule has 3 rings (SSSR count). The minimum atomic E-state index is -3.79. The van der Waals surface area contributed by atoms with Crippen LogP contribution in [0.2, 0.25) is 0 Å². The van der Waals surface area contributed by atoms with Gasteiger partial charge in [0.05, 0.1) is 24.2 Å². The second-order valence-corrected chi connectivity index (χ2v) is 8.18. The summed E-state index contributed by atoms with van der Waals surface area (Å²) in [6.07, 6.45) is 2.03. The van der Waals surface area contributed by atoms with E-state index in [4.69, 9.17) is 4.42 Å². The van der Waals surface area contributed by atoms with E-state index in [-0.39, 0.29) is 30.4 Å². The molecule has 2 aromatic carbocycles. The zero-order valence-corrected chi connectivity index (χ0v) is 16.1. The summed E-state index contributed by atoms with van der Waals surface area (Å²) < 4.78 is 32.5. The van der Waals surface area contributed by atoms with Crippen molar-refractivity contribution in [2.75, 3.05) is 13.1 Å². The van der Waals surface area contributed by atoms with Crippen LogP contribution in [0.3, 0.4) is 0 Å². The average Bonchev–Trinajstić information content (AvgIpc) is 3.24. The van der Waals surface area contributed by atoms with Gasteiger partial charge in [0.1, 0.15) is 5.76 Å². The van der Waals surface area contributed by atoms with Crippen LogP contribution in [0.1, 0.15) is 11.3 Å². The molecule has 0 saturated carbocycles. The SMILES string of the molecule is O=C(CN(CCc1ccccc1)S(=O)(=O)c1ccccc1)NCc1ccco1. The predicted molar refractivity (Wildman–Crippen MR) is 106 cm³/mol. The third-order valence-corrected chi connectivity index (χ3v) is 6.09. The van der Waals surface area contributed by atoms with Crippen molar-refractivity contribution in [1.82, 2.24) is 9.62 Å². The molecule has 1 aromatic heterocycles. The molecule has 28 heavy (non-hydrogen) atoms. The van der Waals surface area contributed by atoms with Gasteiger partial charge >= 0.3 is 0 Å². The Balaban J connectivity index is 1.72. The molecule has 0 fully saturated rings. The zero-order chi connectivity index (χ0) is 19.8. The molecule has 1 N–H and O–H groups in total. The lowest BCUT2D eigenvalue weighted by Crippen LogP contribution is -2.41. The minimum Gasteiger partial charge on any atom is -0.467 e. The fourth-order valence-electron chi connectivity index (χ4n) is 2.74. The highest BCUT2D eigenvalue weighted by Gasteiger charge is 2.26. The van der Waals surface area contributed by atoms with E-state index in [1.807, 2.05) is 30.3 Å². The summed E-state index contributed by atoms with van der Waals surface area (Å²) in [6, 6.07) is 21.2. The van der Waals surface area contributed by atoms with E-state index in [0.29, 0.717) is 12.2 Å². The standard InChI is InChI=1S/C21H22N2O4S/c24-21(22-16-19-10-7-15-27-19)17-23(14-13-18-8-3-1-4-9-18)28(25,26)20-11-5-2-6-12-20/h1-12,15H,13-14,16-17H2,(H,22,24). The molecule has 6 nitrogen and oxygen atoms in total. The number of amides is 1. The lowest BCUT2D eigenvalue weighted by molar-refractivity contribution is -0.121. The summed E-state index contributed by atoms with van der Waals surface area (Å²) >= 11 is 0. The maximum atomic E-state index is 13.0. The van der Waals surface area contributed by atoms with Crippen molar-refractivity contribution in [3.63, 3.8) is 0 Å². The van der Waals surface area contributed by atoms with Gasteiger partial charge in [0.25, 0.3) is 0 Å². The number of nitrogens with one attached hydrogen (secondary N) is 1. The number of nitrogens with zero attached hydrogens (tertiary/aromatic N) is 1. The largest absolute Gasteiger partial charge is 0.467 e. The van der Waals surface area contributed by atoms with E-state index >= 15 is 0 Å². The molecule has 0 aliphatic rings. The van der Waals surface area contributed by atoms with Gasteiger partial charge in [0.15, 0.2) is 0 Å². The van der Waals surface area contributed by atoms with Crippen LogP contribution >= 0.6 is 0 Å². The maximum absolute atomic E-state index is 13.0. The summed E-state index contributed by atoms with van der Waals surface area (Å²) in [5.74, 6) is 0.221. The Morgan fingerprint density at radius 2 is 1.61 bits per heavy atom. The monoisotopic (exact) mass is 398 g/mol. The van der Waals surface area contributed by atoms with Gasteiger partial charge in [0.2, 0.25) is 15.9 Å². The smallest absolute Gasteiger partial charge is 0.243 e. The van der Waals surface area contributed by atoms with Gasteiger partial charge in [-0.2, -0.15) is 4.31 Å². The molecule has 1 amide bonds. The Hall–Kier alpha value is -2.90. The number of carbonyl (C=O) groups is 1. The first kappa shape index (κ1) is 19.9. The van der Waals surface area contributed by atoms with Crippen molar-refractivity contribution < 1.29 is 17.6 Å². The number of benzene rings is 2. The highest BCUT2D eigenvalue weighted by molar-refractivity contribution is 7.89. The third kappa shape index (κ3) is 5.31. The molecule has 0 bridgehead atoms. The topological polar surface area (TPSA) is 79.6 Å². The van der Waals surface area contributed by atoms with Gasteiger partial charge < -0.3 is 9.73 Å². The Morgan fingerprint density at radius 1 is 0.929 bits per heavy atom. The molecule has 0 radical (unpaired) electrons. The summed E-state index contributed by atoms with van der Waals surface area (Å²) in [6.45, 7) is 0.157. The Morgan fingerprint density at radius 3 is 2.25 bits per heavy atom. The third-order valence-electron chi connectivity index (χ3n) is 4.23. The van der Waals surface area contributed by atoms with Gasteiger partial charge in [0, 0.05) is 6.54 Å². The molecule has 0 saturated heterocycles. The molecule has 3 aromatic rings. The van der Waals surface area contributed by atoms with E-state index in [0.717, 1.165) is 5.56 Å². The van der Waals surface area contributed by atoms with Gasteiger partial charge in [-0.3, -0.25) is 4.79 Å². The van der Waals surface area contributed by atoms with Crippen molar-refractivity contribution in [3.05, 3.63) is 90.4 Å². The number of furan rings is 1. The second kappa shape index (κ2) is 9.34. The molecule has 0 atom stereocenters. The predicted octanol–water partition coefficient (Wildman–Crippen LogP) is 2.83. The first-order valence-electron chi connectivity index (χ1n) is 8.94. The first-order chi connectivity index (χ1) is 13.6. The van der Waals surface area contributed by atoms with Crippen molar-refractivity contribution in [1.29, 1.82) is 0 Å². The number of carbonyl (C=O) groups excluding carboxylic acids is 1. The van der Waals surface area contributed by atoms with Crippen LogP contribution in [-0.4, -0.2) is 31.7 Å². The van der Waals surface area contributed by atoms with Crippen LogP contribution in [0, 0.1) is 0 Å². The molecule has 0 aliphatic carbocycles. The summed E-state index contributed by atoms with van der Waals surface area (Å²) in [5.41, 5.74) is 1.01. The maximum Gasteiger partial charge on any atom is 0.243 e. The Kier molecular flexibility index (Phi) is 6.62. The normalized spacial score (nSPS) is 11.5. The van der Waals surface area contributed by atoms with Crippen LogP contribution in [0.5, 0.6) is 0 Å². The van der Waals surface area contributed by atoms with Crippen LogP contribution in [-0.2, 0) is 27.8 Å². The van der Waals surface area contributed by atoms with Gasteiger partial charge in [-0.25, -0.2) is 8.42 Å². The summed E-state index contributed by atoms with van der Waals surface area (Å²) in [4.78, 5) is 12.5. The number of rotatable bonds is 9. The first-order valence-corrected chi connectivity index (χ1v) is 10.4. The number of hydrogen-bond acceptors (Lipinski definition) is 4. The van der Waals surface area contributed by atoms with E-state index in [2.05, 4.69) is 5.32 Å². The number of sulfonamides is 1. The average molecular weight is 398 g/mol. The zero-order valence-electron chi connectivity index (χ0n) is 15.3. The molecule has 0 aliphatic heterocycles. The second-order valence-electron chi connectivity index (χ2n) is 6.24. The van der Waals surface area contributed by atoms with Gasteiger partial charge in [-0.05, 0) is 36.2 Å². The number of hydrogen-bond donors (Lipinski definition) is 1. The minimum absolute atomic E-state index is 0.168. The van der Waals surface area contributed by atoms with Crippen LogP contribution in [0.25, 0.3) is 0 Å². The fraction of sp³-hybridized carbons (Fsp3) is 0.190.